The second kappa shape index (κ2) is 6.48. The average Bonchev–Trinajstić information content (AvgIpc) is 2.42. The molecule has 0 unspecified atom stereocenters. The molecule has 1 aromatic carbocycles. The highest BCUT2D eigenvalue weighted by atomic mass is 28.3. The summed E-state index contributed by atoms with van der Waals surface area (Å²) in [6.07, 6.45) is 0. The molecule has 0 aromatic heterocycles. The van der Waals surface area contributed by atoms with Crippen LogP contribution in [0.5, 0.6) is 11.5 Å². The minimum atomic E-state index is -1.47. The summed E-state index contributed by atoms with van der Waals surface area (Å²) in [5.41, 5.74) is 4.30. The van der Waals surface area contributed by atoms with Gasteiger partial charge >= 0.3 is 5.97 Å². The Morgan fingerprint density at radius 2 is 1.55 bits per heavy atom. The van der Waals surface area contributed by atoms with E-state index in [1.165, 1.54) is 21.3 Å². The van der Waals surface area contributed by atoms with Crippen molar-refractivity contribution in [1.29, 1.82) is 0 Å². The molecule has 5 heteroatoms. The van der Waals surface area contributed by atoms with E-state index in [-0.39, 0.29) is 5.56 Å². The van der Waals surface area contributed by atoms with Gasteiger partial charge in [-0.3, -0.25) is 0 Å². The maximum atomic E-state index is 11.8. The topological polar surface area (TPSA) is 44.8 Å². The Kier molecular flexibility index (Phi) is 5.23. The lowest BCUT2D eigenvalue weighted by Gasteiger charge is -2.12. The van der Waals surface area contributed by atoms with Crippen LogP contribution in [0.4, 0.5) is 0 Å². The first-order chi connectivity index (χ1) is 9.32. The summed E-state index contributed by atoms with van der Waals surface area (Å²) < 4.78 is 15.2. The molecule has 0 saturated carbocycles. The fraction of sp³-hybridized carbons (Fsp3) is 0.400. The monoisotopic (exact) mass is 292 g/mol. The van der Waals surface area contributed by atoms with Crippen molar-refractivity contribution in [3.8, 4) is 23.0 Å². The maximum absolute atomic E-state index is 11.8. The molecular weight excluding hydrogens is 272 g/mol. The third-order valence-corrected chi connectivity index (χ3v) is 3.35. The minimum Gasteiger partial charge on any atom is -0.496 e. The largest absolute Gasteiger partial charge is 0.496 e. The smallest absolute Gasteiger partial charge is 0.345 e. The molecule has 0 aliphatic carbocycles. The second-order valence-electron chi connectivity index (χ2n) is 5.25. The van der Waals surface area contributed by atoms with E-state index in [0.717, 1.165) is 5.56 Å². The van der Waals surface area contributed by atoms with E-state index in [2.05, 4.69) is 31.1 Å². The fourth-order valence-electron chi connectivity index (χ4n) is 1.55. The van der Waals surface area contributed by atoms with Crippen LogP contribution in [-0.4, -0.2) is 35.4 Å². The van der Waals surface area contributed by atoms with Crippen LogP contribution in [0, 0.1) is 11.5 Å². The Hall–Kier alpha value is -1.93. The van der Waals surface area contributed by atoms with Gasteiger partial charge in [-0.05, 0) is 12.1 Å². The van der Waals surface area contributed by atoms with Crippen LogP contribution in [0.1, 0.15) is 15.9 Å². The summed E-state index contributed by atoms with van der Waals surface area (Å²) in [6.45, 7) is 6.49. The van der Waals surface area contributed by atoms with Crippen LogP contribution >= 0.6 is 0 Å². The van der Waals surface area contributed by atoms with Gasteiger partial charge < -0.3 is 14.2 Å². The minimum absolute atomic E-state index is 0.274. The van der Waals surface area contributed by atoms with Crippen molar-refractivity contribution in [2.75, 3.05) is 21.3 Å². The average molecular weight is 292 g/mol. The molecule has 0 radical (unpaired) electrons. The van der Waals surface area contributed by atoms with Crippen LogP contribution in [0.15, 0.2) is 12.1 Å². The van der Waals surface area contributed by atoms with E-state index in [9.17, 15) is 4.79 Å². The fourth-order valence-corrected chi connectivity index (χ4v) is 2.07. The predicted octanol–water partition coefficient (Wildman–Crippen LogP) is 2.72. The van der Waals surface area contributed by atoms with Crippen LogP contribution in [0.25, 0.3) is 0 Å². The summed E-state index contributed by atoms with van der Waals surface area (Å²) >= 11 is 0. The molecule has 0 spiro atoms. The second-order valence-corrected chi connectivity index (χ2v) is 10.00. The number of rotatable bonds is 3. The number of carbonyl (C=O) groups excluding carboxylic acids is 1. The third-order valence-electron chi connectivity index (χ3n) is 2.48. The Morgan fingerprint density at radius 3 is 1.90 bits per heavy atom. The van der Waals surface area contributed by atoms with Crippen molar-refractivity contribution in [3.63, 3.8) is 0 Å². The Balaban J connectivity index is 3.39. The molecule has 0 saturated heterocycles. The van der Waals surface area contributed by atoms with Gasteiger partial charge in [0.25, 0.3) is 0 Å². The molecule has 0 amide bonds. The summed E-state index contributed by atoms with van der Waals surface area (Å²) in [7, 11) is 2.84. The van der Waals surface area contributed by atoms with Gasteiger partial charge in [0.1, 0.15) is 25.1 Å². The van der Waals surface area contributed by atoms with Gasteiger partial charge in [-0.25, -0.2) is 4.79 Å². The zero-order chi connectivity index (χ0) is 15.3. The summed E-state index contributed by atoms with van der Waals surface area (Å²) in [4.78, 5) is 11.8. The van der Waals surface area contributed by atoms with E-state index in [1.807, 2.05) is 0 Å². The van der Waals surface area contributed by atoms with Crippen molar-refractivity contribution < 1.29 is 19.0 Å². The van der Waals surface area contributed by atoms with Crippen molar-refractivity contribution >= 4 is 14.0 Å². The Morgan fingerprint density at radius 1 is 1.05 bits per heavy atom. The van der Waals surface area contributed by atoms with Crippen molar-refractivity contribution in [1.82, 2.24) is 0 Å². The number of esters is 1. The van der Waals surface area contributed by atoms with Crippen LogP contribution in [0.3, 0.4) is 0 Å². The van der Waals surface area contributed by atoms with Gasteiger partial charge in [-0.1, -0.05) is 25.6 Å². The summed E-state index contributed by atoms with van der Waals surface area (Å²) in [5, 5.41) is 0. The number of ether oxygens (including phenoxy) is 3. The highest BCUT2D eigenvalue weighted by Crippen LogP contribution is 2.31. The summed E-state index contributed by atoms with van der Waals surface area (Å²) in [6, 6.07) is 3.45. The molecule has 108 valence electrons. The standard InChI is InChI=1S/C15H20O4Si/c1-17-12-9-11(7-8-20(4,5)6)10-13(18-2)14(12)15(16)19-3/h9-10H,1-6H3. The van der Waals surface area contributed by atoms with Gasteiger partial charge in [0, 0.05) is 5.56 Å². The molecule has 0 aliphatic rings. The van der Waals surface area contributed by atoms with Gasteiger partial charge in [0.05, 0.1) is 21.3 Å². The maximum Gasteiger partial charge on any atom is 0.345 e. The Bertz CT molecular complexity index is 536. The first-order valence-electron chi connectivity index (χ1n) is 6.20. The molecule has 4 nitrogen and oxygen atoms in total. The molecule has 0 aliphatic heterocycles. The summed E-state index contributed by atoms with van der Waals surface area (Å²) in [5.74, 6) is 3.42. The molecule has 0 fully saturated rings. The number of carbonyl (C=O) groups is 1. The number of hydrogen-bond donors (Lipinski definition) is 0. The van der Waals surface area contributed by atoms with Crippen molar-refractivity contribution in [2.24, 2.45) is 0 Å². The first kappa shape index (κ1) is 16.1. The first-order valence-corrected chi connectivity index (χ1v) is 9.70. The van der Waals surface area contributed by atoms with Gasteiger partial charge in [-0.15, -0.1) is 5.54 Å². The van der Waals surface area contributed by atoms with Crippen molar-refractivity contribution in [2.45, 2.75) is 19.6 Å². The van der Waals surface area contributed by atoms with E-state index >= 15 is 0 Å². The molecule has 0 bridgehead atoms. The van der Waals surface area contributed by atoms with E-state index < -0.39 is 14.0 Å². The van der Waals surface area contributed by atoms with Gasteiger partial charge in [-0.2, -0.15) is 0 Å². The zero-order valence-electron chi connectivity index (χ0n) is 12.8. The lowest BCUT2D eigenvalue weighted by atomic mass is 10.1. The predicted molar refractivity (Wildman–Crippen MR) is 81.1 cm³/mol. The number of methoxy groups -OCH3 is 3. The third kappa shape index (κ3) is 4.03. The van der Waals surface area contributed by atoms with Crippen LogP contribution < -0.4 is 9.47 Å². The number of benzene rings is 1. The molecule has 0 atom stereocenters. The molecule has 1 rings (SSSR count). The lowest BCUT2D eigenvalue weighted by Crippen LogP contribution is -2.16. The highest BCUT2D eigenvalue weighted by Gasteiger charge is 2.20. The molecule has 20 heavy (non-hydrogen) atoms. The van der Waals surface area contributed by atoms with Crippen molar-refractivity contribution in [3.05, 3.63) is 23.3 Å². The quantitative estimate of drug-likeness (QED) is 0.488. The highest BCUT2D eigenvalue weighted by molar-refractivity contribution is 6.83. The molecule has 1 aromatic rings. The van der Waals surface area contributed by atoms with E-state index in [4.69, 9.17) is 14.2 Å². The van der Waals surface area contributed by atoms with Crippen LogP contribution in [-0.2, 0) is 4.74 Å². The lowest BCUT2D eigenvalue weighted by molar-refractivity contribution is 0.0593. The van der Waals surface area contributed by atoms with Gasteiger partial charge in [0.2, 0.25) is 0 Å². The zero-order valence-corrected chi connectivity index (χ0v) is 13.8. The SMILES string of the molecule is COC(=O)c1c(OC)cc(C#C[Si](C)(C)C)cc1OC. The van der Waals surface area contributed by atoms with Gasteiger partial charge in [0.15, 0.2) is 0 Å². The number of hydrogen-bond acceptors (Lipinski definition) is 4. The molecule has 0 heterocycles. The molecular formula is C15H20O4Si. The van der Waals surface area contributed by atoms with E-state index in [1.54, 1.807) is 12.1 Å². The normalized spacial score (nSPS) is 10.3. The molecule has 0 N–H and O–H groups in total. The Labute approximate surface area is 121 Å². The van der Waals surface area contributed by atoms with Crippen LogP contribution in [0.2, 0.25) is 19.6 Å². The van der Waals surface area contributed by atoms with E-state index in [0.29, 0.717) is 11.5 Å².